The summed E-state index contributed by atoms with van der Waals surface area (Å²) in [4.78, 5) is 16.7. The fourth-order valence-corrected chi connectivity index (χ4v) is 4.51. The summed E-state index contributed by atoms with van der Waals surface area (Å²) in [7, 11) is 0.814. The molecular weight excluding hydrogens is 406 g/mol. The van der Waals surface area contributed by atoms with Crippen LogP contribution in [-0.2, 0) is 14.8 Å². The number of hydrogen-bond donors (Lipinski definition) is 0. The Labute approximate surface area is 177 Å². The first-order valence-electron chi connectivity index (χ1n) is 9.63. The molecule has 0 aliphatic carbocycles. The van der Waals surface area contributed by atoms with Crippen molar-refractivity contribution in [3.63, 3.8) is 0 Å². The Kier molecular flexibility index (Phi) is 6.84. The zero-order chi connectivity index (χ0) is 21.7. The predicted octanol–water partition coefficient (Wildman–Crippen LogP) is 1.67. The topological polar surface area (TPSA) is 79.4 Å². The zero-order valence-corrected chi connectivity index (χ0v) is 18.3. The lowest BCUT2D eigenvalue weighted by Crippen LogP contribution is -2.51. The van der Waals surface area contributed by atoms with E-state index in [1.165, 1.54) is 26.3 Å². The van der Waals surface area contributed by atoms with E-state index in [1.807, 2.05) is 24.3 Å². The van der Waals surface area contributed by atoms with Gasteiger partial charge in [0, 0.05) is 33.2 Å². The highest BCUT2D eigenvalue weighted by Crippen LogP contribution is 2.28. The molecule has 0 N–H and O–H groups in total. The first-order chi connectivity index (χ1) is 14.4. The van der Waals surface area contributed by atoms with E-state index < -0.39 is 10.0 Å². The van der Waals surface area contributed by atoms with Crippen LogP contribution in [0.5, 0.6) is 11.5 Å². The fraction of sp³-hybridized carbons (Fsp3) is 0.381. The standard InChI is InChI=1S/C21H27N3O5S/c1-22(30(26,27)18-10-8-17(28-2)9-11-18)16-21(25)24-14-12-23(13-15-24)19-6-4-5-7-20(19)29-3/h4-11H,12-16H2,1-3H3. The lowest BCUT2D eigenvalue weighted by Gasteiger charge is -2.37. The van der Waals surface area contributed by atoms with Crippen molar-refractivity contribution in [3.05, 3.63) is 48.5 Å². The number of anilines is 1. The van der Waals surface area contributed by atoms with Gasteiger partial charge in [-0.25, -0.2) is 8.42 Å². The van der Waals surface area contributed by atoms with Crippen LogP contribution in [0.3, 0.4) is 0 Å². The summed E-state index contributed by atoms with van der Waals surface area (Å²) in [5.41, 5.74) is 0.992. The molecule has 1 aliphatic heterocycles. The molecule has 2 aromatic rings. The molecule has 162 valence electrons. The lowest BCUT2D eigenvalue weighted by molar-refractivity contribution is -0.131. The molecular formula is C21H27N3O5S. The van der Waals surface area contributed by atoms with Crippen LogP contribution in [0.4, 0.5) is 5.69 Å². The lowest BCUT2D eigenvalue weighted by atomic mass is 10.2. The number of carbonyl (C=O) groups is 1. The average Bonchev–Trinajstić information content (AvgIpc) is 2.79. The number of ether oxygens (including phenoxy) is 2. The molecule has 0 aromatic heterocycles. The molecule has 30 heavy (non-hydrogen) atoms. The summed E-state index contributed by atoms with van der Waals surface area (Å²) in [5.74, 6) is 1.15. The van der Waals surface area contributed by atoms with Crippen molar-refractivity contribution < 1.29 is 22.7 Å². The van der Waals surface area contributed by atoms with Crippen molar-refractivity contribution in [2.24, 2.45) is 0 Å². The van der Waals surface area contributed by atoms with E-state index in [9.17, 15) is 13.2 Å². The van der Waals surface area contributed by atoms with Crippen molar-refractivity contribution in [1.29, 1.82) is 0 Å². The van der Waals surface area contributed by atoms with Gasteiger partial charge in [-0.1, -0.05) is 12.1 Å². The van der Waals surface area contributed by atoms with E-state index in [0.29, 0.717) is 31.9 Å². The number of methoxy groups -OCH3 is 2. The molecule has 0 bridgehead atoms. The zero-order valence-electron chi connectivity index (χ0n) is 17.4. The Morgan fingerprint density at radius 3 is 2.20 bits per heavy atom. The second-order valence-electron chi connectivity index (χ2n) is 6.98. The van der Waals surface area contributed by atoms with Gasteiger partial charge in [0.25, 0.3) is 0 Å². The maximum Gasteiger partial charge on any atom is 0.243 e. The van der Waals surface area contributed by atoms with Crippen LogP contribution in [0, 0.1) is 0 Å². The molecule has 0 spiro atoms. The Bertz CT molecular complexity index is 970. The fourth-order valence-electron chi connectivity index (χ4n) is 3.39. The van der Waals surface area contributed by atoms with Crippen LogP contribution in [-0.4, -0.2) is 77.5 Å². The number of sulfonamides is 1. The molecule has 8 nitrogen and oxygen atoms in total. The SMILES string of the molecule is COc1ccc(S(=O)(=O)N(C)CC(=O)N2CCN(c3ccccc3OC)CC2)cc1. The number of para-hydroxylation sites is 2. The van der Waals surface area contributed by atoms with Crippen molar-refractivity contribution in [2.45, 2.75) is 4.90 Å². The molecule has 0 radical (unpaired) electrons. The third-order valence-corrected chi connectivity index (χ3v) is 7.00. The minimum absolute atomic E-state index is 0.125. The maximum absolute atomic E-state index is 12.7. The minimum Gasteiger partial charge on any atom is -0.497 e. The normalized spacial score (nSPS) is 14.7. The first-order valence-corrected chi connectivity index (χ1v) is 11.1. The van der Waals surface area contributed by atoms with Gasteiger partial charge < -0.3 is 19.3 Å². The van der Waals surface area contributed by atoms with Gasteiger partial charge in [-0.3, -0.25) is 4.79 Å². The molecule has 0 unspecified atom stereocenters. The largest absolute Gasteiger partial charge is 0.497 e. The van der Waals surface area contributed by atoms with E-state index in [4.69, 9.17) is 9.47 Å². The Balaban J connectivity index is 1.59. The molecule has 9 heteroatoms. The van der Waals surface area contributed by atoms with Gasteiger partial charge in [-0.05, 0) is 36.4 Å². The van der Waals surface area contributed by atoms with Gasteiger partial charge in [0.1, 0.15) is 11.5 Å². The van der Waals surface area contributed by atoms with E-state index >= 15 is 0 Å². The monoisotopic (exact) mass is 433 g/mol. The molecule has 1 saturated heterocycles. The molecule has 1 fully saturated rings. The number of piperazine rings is 1. The second-order valence-corrected chi connectivity index (χ2v) is 9.02. The molecule has 0 saturated carbocycles. The van der Waals surface area contributed by atoms with E-state index in [-0.39, 0.29) is 17.3 Å². The van der Waals surface area contributed by atoms with E-state index in [0.717, 1.165) is 15.7 Å². The van der Waals surface area contributed by atoms with Crippen LogP contribution in [0.1, 0.15) is 0 Å². The summed E-state index contributed by atoms with van der Waals surface area (Å²) < 4.78 is 37.1. The third kappa shape index (κ3) is 4.68. The van der Waals surface area contributed by atoms with E-state index in [2.05, 4.69) is 4.90 Å². The average molecular weight is 434 g/mol. The maximum atomic E-state index is 12.7. The number of carbonyl (C=O) groups excluding carboxylic acids is 1. The van der Waals surface area contributed by atoms with Gasteiger partial charge in [-0.15, -0.1) is 0 Å². The first kappa shape index (κ1) is 21.9. The quantitative estimate of drug-likeness (QED) is 0.661. The molecule has 3 rings (SSSR count). The van der Waals surface area contributed by atoms with Crippen molar-refractivity contribution in [2.75, 3.05) is 58.9 Å². The van der Waals surface area contributed by atoms with Crippen LogP contribution < -0.4 is 14.4 Å². The molecule has 2 aromatic carbocycles. The highest BCUT2D eigenvalue weighted by Gasteiger charge is 2.27. The number of benzene rings is 2. The molecule has 1 aliphatic rings. The number of hydrogen-bond acceptors (Lipinski definition) is 6. The van der Waals surface area contributed by atoms with Crippen LogP contribution in [0.15, 0.2) is 53.4 Å². The highest BCUT2D eigenvalue weighted by molar-refractivity contribution is 7.89. The molecule has 0 atom stereocenters. The smallest absolute Gasteiger partial charge is 0.243 e. The van der Waals surface area contributed by atoms with Crippen molar-refractivity contribution >= 4 is 21.6 Å². The second kappa shape index (κ2) is 9.36. The van der Waals surface area contributed by atoms with Crippen LogP contribution >= 0.6 is 0 Å². The number of rotatable bonds is 7. The van der Waals surface area contributed by atoms with Gasteiger partial charge >= 0.3 is 0 Å². The summed E-state index contributed by atoms with van der Waals surface area (Å²) in [5, 5.41) is 0. The number of amides is 1. The predicted molar refractivity (Wildman–Crippen MR) is 115 cm³/mol. The third-order valence-electron chi connectivity index (χ3n) is 5.18. The van der Waals surface area contributed by atoms with Crippen LogP contribution in [0.25, 0.3) is 0 Å². The molecule has 1 amide bonds. The van der Waals surface area contributed by atoms with Crippen molar-refractivity contribution in [1.82, 2.24) is 9.21 Å². The van der Waals surface area contributed by atoms with Gasteiger partial charge in [0.05, 0.1) is 31.3 Å². The number of nitrogens with zero attached hydrogens (tertiary/aromatic N) is 3. The Morgan fingerprint density at radius 1 is 0.967 bits per heavy atom. The summed E-state index contributed by atoms with van der Waals surface area (Å²) in [6.45, 7) is 2.14. The van der Waals surface area contributed by atoms with Gasteiger partial charge in [0.2, 0.25) is 15.9 Å². The van der Waals surface area contributed by atoms with Gasteiger partial charge in [0.15, 0.2) is 0 Å². The van der Waals surface area contributed by atoms with E-state index in [1.54, 1.807) is 24.1 Å². The van der Waals surface area contributed by atoms with Crippen LogP contribution in [0.2, 0.25) is 0 Å². The summed E-state index contributed by atoms with van der Waals surface area (Å²) in [6, 6.07) is 13.9. The molecule has 1 heterocycles. The number of likely N-dealkylation sites (N-methyl/N-ethyl adjacent to an activating group) is 1. The Hall–Kier alpha value is -2.78. The van der Waals surface area contributed by atoms with Crippen molar-refractivity contribution in [3.8, 4) is 11.5 Å². The summed E-state index contributed by atoms with van der Waals surface area (Å²) in [6.07, 6.45) is 0. The van der Waals surface area contributed by atoms with Gasteiger partial charge in [-0.2, -0.15) is 4.31 Å². The Morgan fingerprint density at radius 2 is 1.60 bits per heavy atom. The minimum atomic E-state index is -3.76. The highest BCUT2D eigenvalue weighted by atomic mass is 32.2. The summed E-state index contributed by atoms with van der Waals surface area (Å²) >= 11 is 0.